The van der Waals surface area contributed by atoms with Crippen molar-refractivity contribution in [1.29, 1.82) is 0 Å². The molecule has 1 aliphatic rings. The Kier molecular flexibility index (Phi) is 4.59. The molecular formula is C14H20N2O2. The molecule has 2 rings (SSSR count). The maximum Gasteiger partial charge on any atom is 0.255 e. The molecule has 0 spiro atoms. The number of rotatable bonds is 4. The molecule has 1 aromatic rings. The number of hydrogen-bond donors (Lipinski definition) is 3. The summed E-state index contributed by atoms with van der Waals surface area (Å²) in [7, 11) is 0. The van der Waals surface area contributed by atoms with Crippen LogP contribution in [0.4, 0.5) is 0 Å². The van der Waals surface area contributed by atoms with Gasteiger partial charge in [-0.25, -0.2) is 0 Å². The lowest BCUT2D eigenvalue weighted by Gasteiger charge is -2.23. The number of amides is 1. The van der Waals surface area contributed by atoms with E-state index in [4.69, 9.17) is 0 Å². The molecule has 4 nitrogen and oxygen atoms in total. The average molecular weight is 248 g/mol. The van der Waals surface area contributed by atoms with Gasteiger partial charge in [-0.1, -0.05) is 18.6 Å². The normalized spacial score (nSPS) is 19.4. The van der Waals surface area contributed by atoms with Crippen molar-refractivity contribution < 1.29 is 9.90 Å². The molecule has 18 heavy (non-hydrogen) atoms. The number of nitrogens with one attached hydrogen (secondary N) is 2. The van der Waals surface area contributed by atoms with Crippen LogP contribution in [-0.2, 0) is 0 Å². The highest BCUT2D eigenvalue weighted by Crippen LogP contribution is 2.15. The van der Waals surface area contributed by atoms with Crippen LogP contribution in [0.5, 0.6) is 5.75 Å². The van der Waals surface area contributed by atoms with Crippen molar-refractivity contribution in [1.82, 2.24) is 10.6 Å². The zero-order chi connectivity index (χ0) is 12.8. The number of hydrogen-bond acceptors (Lipinski definition) is 3. The van der Waals surface area contributed by atoms with Gasteiger partial charge in [0.15, 0.2) is 0 Å². The molecule has 1 heterocycles. The molecule has 1 unspecified atom stereocenters. The third-order valence-corrected chi connectivity index (χ3v) is 3.34. The Morgan fingerprint density at radius 3 is 2.94 bits per heavy atom. The molecule has 1 saturated heterocycles. The summed E-state index contributed by atoms with van der Waals surface area (Å²) in [6.45, 7) is 1.73. The number of carbonyl (C=O) groups is 1. The molecule has 0 bridgehead atoms. The van der Waals surface area contributed by atoms with Crippen LogP contribution in [0, 0.1) is 0 Å². The fourth-order valence-corrected chi connectivity index (χ4v) is 2.29. The van der Waals surface area contributed by atoms with Gasteiger partial charge in [0, 0.05) is 12.6 Å². The van der Waals surface area contributed by atoms with Crippen LogP contribution in [0.1, 0.15) is 36.0 Å². The molecule has 1 aromatic carbocycles. The molecule has 98 valence electrons. The van der Waals surface area contributed by atoms with E-state index in [0.717, 1.165) is 13.0 Å². The third-order valence-electron chi connectivity index (χ3n) is 3.34. The molecule has 0 aliphatic carbocycles. The second kappa shape index (κ2) is 6.40. The lowest BCUT2D eigenvalue weighted by molar-refractivity contribution is 0.0949. The summed E-state index contributed by atoms with van der Waals surface area (Å²) < 4.78 is 0. The monoisotopic (exact) mass is 248 g/mol. The van der Waals surface area contributed by atoms with Crippen molar-refractivity contribution in [2.24, 2.45) is 0 Å². The minimum absolute atomic E-state index is 0.0331. The smallest absolute Gasteiger partial charge is 0.255 e. The molecular weight excluding hydrogens is 228 g/mol. The molecule has 0 radical (unpaired) electrons. The van der Waals surface area contributed by atoms with E-state index in [2.05, 4.69) is 10.6 Å². The van der Waals surface area contributed by atoms with Gasteiger partial charge in [-0.05, 0) is 37.9 Å². The van der Waals surface area contributed by atoms with Gasteiger partial charge in [-0.15, -0.1) is 0 Å². The maximum atomic E-state index is 11.8. The Labute approximate surface area is 107 Å². The van der Waals surface area contributed by atoms with Crippen LogP contribution >= 0.6 is 0 Å². The number of piperidine rings is 1. The zero-order valence-electron chi connectivity index (χ0n) is 10.5. The van der Waals surface area contributed by atoms with Crippen molar-refractivity contribution >= 4 is 5.91 Å². The maximum absolute atomic E-state index is 11.8. The van der Waals surface area contributed by atoms with Gasteiger partial charge in [0.2, 0.25) is 0 Å². The lowest BCUT2D eigenvalue weighted by Crippen LogP contribution is -2.37. The van der Waals surface area contributed by atoms with Crippen LogP contribution in [0.2, 0.25) is 0 Å². The van der Waals surface area contributed by atoms with Crippen LogP contribution in [0.25, 0.3) is 0 Å². The molecule has 1 fully saturated rings. The highest BCUT2D eigenvalue weighted by atomic mass is 16.3. The van der Waals surface area contributed by atoms with E-state index < -0.39 is 0 Å². The standard InChI is InChI=1S/C14H20N2O2/c17-13-7-2-1-6-12(13)14(18)16-10-8-11-5-3-4-9-15-11/h1-2,6-7,11,15,17H,3-5,8-10H2,(H,16,18). The highest BCUT2D eigenvalue weighted by molar-refractivity contribution is 5.96. The Bertz CT molecular complexity index is 401. The van der Waals surface area contributed by atoms with Crippen molar-refractivity contribution in [2.75, 3.05) is 13.1 Å². The summed E-state index contributed by atoms with van der Waals surface area (Å²) in [6.07, 6.45) is 4.65. The number of phenolic OH excluding ortho intramolecular Hbond substituents is 1. The minimum Gasteiger partial charge on any atom is -0.507 e. The molecule has 3 N–H and O–H groups in total. The van der Waals surface area contributed by atoms with Crippen molar-refractivity contribution in [3.8, 4) is 5.75 Å². The van der Waals surface area contributed by atoms with Gasteiger partial charge in [0.25, 0.3) is 5.91 Å². The predicted molar refractivity (Wildman–Crippen MR) is 70.7 cm³/mol. The topological polar surface area (TPSA) is 61.4 Å². The van der Waals surface area contributed by atoms with Crippen LogP contribution < -0.4 is 10.6 Å². The first-order chi connectivity index (χ1) is 8.77. The van der Waals surface area contributed by atoms with Gasteiger partial charge in [0.1, 0.15) is 5.75 Å². The Morgan fingerprint density at radius 2 is 2.22 bits per heavy atom. The second-order valence-corrected chi connectivity index (χ2v) is 4.71. The van der Waals surface area contributed by atoms with E-state index in [0.29, 0.717) is 18.2 Å². The zero-order valence-corrected chi connectivity index (χ0v) is 10.5. The first-order valence-corrected chi connectivity index (χ1v) is 6.57. The molecule has 0 saturated carbocycles. The molecule has 4 heteroatoms. The molecule has 1 atom stereocenters. The summed E-state index contributed by atoms with van der Waals surface area (Å²) >= 11 is 0. The molecule has 1 aliphatic heterocycles. The summed E-state index contributed by atoms with van der Waals surface area (Å²) in [6, 6.07) is 7.12. The third kappa shape index (κ3) is 3.47. The Balaban J connectivity index is 1.76. The number of aromatic hydroxyl groups is 1. The van der Waals surface area contributed by atoms with E-state index in [9.17, 15) is 9.90 Å². The quantitative estimate of drug-likeness (QED) is 0.759. The summed E-state index contributed by atoms with van der Waals surface area (Å²) in [5.41, 5.74) is 0.342. The average Bonchev–Trinajstić information content (AvgIpc) is 2.40. The van der Waals surface area contributed by atoms with E-state index in [1.54, 1.807) is 18.2 Å². The van der Waals surface area contributed by atoms with Crippen LogP contribution in [0.3, 0.4) is 0 Å². The largest absolute Gasteiger partial charge is 0.507 e. The minimum atomic E-state index is -0.205. The lowest BCUT2D eigenvalue weighted by atomic mass is 10.0. The van der Waals surface area contributed by atoms with Crippen molar-refractivity contribution in [3.63, 3.8) is 0 Å². The SMILES string of the molecule is O=C(NCCC1CCCCN1)c1ccccc1O. The first kappa shape index (κ1) is 12.9. The van der Waals surface area contributed by atoms with Gasteiger partial charge in [-0.2, -0.15) is 0 Å². The number of benzene rings is 1. The van der Waals surface area contributed by atoms with Gasteiger partial charge in [-0.3, -0.25) is 4.79 Å². The van der Waals surface area contributed by atoms with Crippen LogP contribution in [0.15, 0.2) is 24.3 Å². The van der Waals surface area contributed by atoms with Gasteiger partial charge in [0.05, 0.1) is 5.56 Å². The van der Waals surface area contributed by atoms with Gasteiger partial charge < -0.3 is 15.7 Å². The fraction of sp³-hybridized carbons (Fsp3) is 0.500. The van der Waals surface area contributed by atoms with E-state index in [1.165, 1.54) is 25.3 Å². The molecule has 0 aromatic heterocycles. The Morgan fingerprint density at radius 1 is 1.39 bits per heavy atom. The van der Waals surface area contributed by atoms with E-state index in [1.807, 2.05) is 0 Å². The van der Waals surface area contributed by atoms with Crippen LogP contribution in [-0.4, -0.2) is 30.1 Å². The van der Waals surface area contributed by atoms with Crippen molar-refractivity contribution in [2.45, 2.75) is 31.7 Å². The van der Waals surface area contributed by atoms with E-state index in [-0.39, 0.29) is 11.7 Å². The highest BCUT2D eigenvalue weighted by Gasteiger charge is 2.13. The summed E-state index contributed by atoms with van der Waals surface area (Å²) in [5, 5.41) is 15.8. The first-order valence-electron chi connectivity index (χ1n) is 6.57. The van der Waals surface area contributed by atoms with Crippen molar-refractivity contribution in [3.05, 3.63) is 29.8 Å². The summed E-state index contributed by atoms with van der Waals surface area (Å²) in [4.78, 5) is 11.8. The van der Waals surface area contributed by atoms with E-state index >= 15 is 0 Å². The molecule has 1 amide bonds. The number of carbonyl (C=O) groups excluding carboxylic acids is 1. The Hall–Kier alpha value is -1.55. The predicted octanol–water partition coefficient (Wildman–Crippen LogP) is 1.65. The number of para-hydroxylation sites is 1. The summed E-state index contributed by atoms with van der Waals surface area (Å²) in [5.74, 6) is -0.172. The fourth-order valence-electron chi connectivity index (χ4n) is 2.29. The van der Waals surface area contributed by atoms with Gasteiger partial charge >= 0.3 is 0 Å². The second-order valence-electron chi connectivity index (χ2n) is 4.71. The number of phenols is 1.